The van der Waals surface area contributed by atoms with Crippen molar-refractivity contribution in [2.75, 3.05) is 48.6 Å². The number of aliphatic hydroxyl groups excluding tert-OH is 2. The summed E-state index contributed by atoms with van der Waals surface area (Å²) in [7, 11) is 8.20. The number of aliphatic hydroxyl groups is 3. The van der Waals surface area contributed by atoms with Crippen LogP contribution in [-0.2, 0) is 33.2 Å². The van der Waals surface area contributed by atoms with Gasteiger partial charge < -0.3 is 48.6 Å². The Hall–Kier alpha value is -2.16. The van der Waals surface area contributed by atoms with Crippen LogP contribution >= 0.6 is 0 Å². The Bertz CT molecular complexity index is 1350. The van der Waals surface area contributed by atoms with E-state index in [1.807, 2.05) is 7.05 Å². The van der Waals surface area contributed by atoms with Gasteiger partial charge in [0.25, 0.3) is 0 Å². The van der Waals surface area contributed by atoms with E-state index in [9.17, 15) is 24.9 Å². The number of benzene rings is 1. The molecule has 1 aromatic carbocycles. The molecule has 0 amide bonds. The maximum Gasteiger partial charge on any atom is 0.338 e. The summed E-state index contributed by atoms with van der Waals surface area (Å²) in [6.07, 6.45) is -5.50. The second kappa shape index (κ2) is 10.4. The molecule has 12 nitrogen and oxygen atoms in total. The lowest BCUT2D eigenvalue weighted by atomic mass is 9.42. The molecule has 6 fully saturated rings. The van der Waals surface area contributed by atoms with Gasteiger partial charge in [0.15, 0.2) is 5.60 Å². The second-order valence-corrected chi connectivity index (χ2v) is 14.3. The van der Waals surface area contributed by atoms with E-state index in [1.54, 1.807) is 51.7 Å². The standard InChI is InChI=1S/C33H45NO11/c1-16(35)45-33-21-18(13-31(39,28(43-6)26(33)37)27(21)44-29(38)17-10-8-7-9-11-17)32-20(41-4)12-19(36)30(15-40-3)14-34(2)25(32)22(33)23(42-5)24(30)32/h7-11,18-28,36-37,39H,12-15H2,1-6H3/t18?,19-,20+,21?,22+,23?,24?,25?,26+,27?,28+,30+,31?,32+,33-/m1/s1. The minimum atomic E-state index is -1.83. The van der Waals surface area contributed by atoms with E-state index in [0.29, 0.717) is 18.5 Å². The van der Waals surface area contributed by atoms with Crippen molar-refractivity contribution < 1.29 is 53.3 Å². The molecule has 7 rings (SSSR count). The van der Waals surface area contributed by atoms with E-state index < -0.39 is 88.3 Å². The van der Waals surface area contributed by atoms with Gasteiger partial charge in [0.1, 0.15) is 23.9 Å². The second-order valence-electron chi connectivity index (χ2n) is 14.3. The molecule has 7 unspecified atom stereocenters. The predicted molar refractivity (Wildman–Crippen MR) is 156 cm³/mol. The summed E-state index contributed by atoms with van der Waals surface area (Å²) < 4.78 is 37.2. The number of likely N-dealkylation sites (tertiary alicyclic amines) is 1. The Morgan fingerprint density at radius 1 is 1.00 bits per heavy atom. The van der Waals surface area contributed by atoms with E-state index in [1.165, 1.54) is 14.0 Å². The third-order valence-corrected chi connectivity index (χ3v) is 12.9. The van der Waals surface area contributed by atoms with Crippen LogP contribution in [0.4, 0.5) is 0 Å². The third-order valence-electron chi connectivity index (χ3n) is 12.9. The highest BCUT2D eigenvalue weighted by Gasteiger charge is 2.92. The van der Waals surface area contributed by atoms with E-state index in [2.05, 4.69) is 4.90 Å². The number of fused-ring (bicyclic) bond motifs is 2. The molecule has 248 valence electrons. The van der Waals surface area contributed by atoms with Crippen LogP contribution in [0.25, 0.3) is 0 Å². The Morgan fingerprint density at radius 2 is 1.71 bits per heavy atom. The number of hydrogen-bond acceptors (Lipinski definition) is 12. The summed E-state index contributed by atoms with van der Waals surface area (Å²) >= 11 is 0. The molecule has 1 spiro atoms. The molecule has 12 heteroatoms. The SMILES string of the molecule is COC[C@]12CN(C)C3[C@@H]4C(OC)C1[C@]3(C1CC3(O)C(OC(=O)c5ccccc5)C1[C@]4(OC(C)=O)[C@@H](O)[C@@H]3OC)[C@@H](OC)C[C@H]2O. The monoisotopic (exact) mass is 631 g/mol. The summed E-state index contributed by atoms with van der Waals surface area (Å²) in [5, 5.41) is 37.0. The molecule has 0 aromatic heterocycles. The van der Waals surface area contributed by atoms with Gasteiger partial charge in [-0.3, -0.25) is 4.79 Å². The van der Waals surface area contributed by atoms with Crippen molar-refractivity contribution in [2.45, 2.75) is 73.6 Å². The first-order valence-electron chi connectivity index (χ1n) is 15.8. The van der Waals surface area contributed by atoms with Gasteiger partial charge in [-0.2, -0.15) is 0 Å². The van der Waals surface area contributed by atoms with Crippen molar-refractivity contribution >= 4 is 11.9 Å². The summed E-state index contributed by atoms with van der Waals surface area (Å²) in [5.41, 5.74) is -4.79. The van der Waals surface area contributed by atoms with Crippen LogP contribution in [0.1, 0.15) is 30.1 Å². The zero-order chi connectivity index (χ0) is 32.3. The van der Waals surface area contributed by atoms with Gasteiger partial charge in [0, 0.05) is 83.0 Å². The molecule has 1 saturated heterocycles. The fourth-order valence-corrected chi connectivity index (χ4v) is 12.2. The molecule has 1 heterocycles. The molecule has 15 atom stereocenters. The van der Waals surface area contributed by atoms with Crippen LogP contribution < -0.4 is 0 Å². The maximum absolute atomic E-state index is 13.7. The fourth-order valence-electron chi connectivity index (χ4n) is 12.2. The Balaban J connectivity index is 1.52. The molecular formula is C33H45NO11. The lowest BCUT2D eigenvalue weighted by Gasteiger charge is -2.70. The van der Waals surface area contributed by atoms with Crippen LogP contribution in [0.2, 0.25) is 0 Å². The van der Waals surface area contributed by atoms with Gasteiger partial charge in [-0.05, 0) is 31.5 Å². The Labute approximate surface area is 262 Å². The van der Waals surface area contributed by atoms with Gasteiger partial charge in [-0.15, -0.1) is 0 Å². The molecule has 1 aromatic rings. The number of piperidine rings is 1. The number of esters is 2. The normalized spacial score (nSPS) is 50.7. The summed E-state index contributed by atoms with van der Waals surface area (Å²) in [6.45, 7) is 2.00. The Kier molecular flexibility index (Phi) is 7.28. The summed E-state index contributed by atoms with van der Waals surface area (Å²) in [5.74, 6) is -3.66. The van der Waals surface area contributed by atoms with Crippen molar-refractivity contribution in [3.63, 3.8) is 0 Å². The quantitative estimate of drug-likeness (QED) is 0.337. The molecular weight excluding hydrogens is 586 g/mol. The zero-order valence-corrected chi connectivity index (χ0v) is 26.6. The average Bonchev–Trinajstić information content (AvgIpc) is 3.40. The van der Waals surface area contributed by atoms with Crippen molar-refractivity contribution in [2.24, 2.45) is 34.5 Å². The lowest BCUT2D eigenvalue weighted by Crippen LogP contribution is -2.81. The van der Waals surface area contributed by atoms with Crippen LogP contribution in [0, 0.1) is 34.5 Å². The molecule has 5 aliphatic carbocycles. The smallest absolute Gasteiger partial charge is 0.338 e. The number of nitrogens with zero attached hydrogens (tertiary/aromatic N) is 1. The third kappa shape index (κ3) is 3.55. The van der Waals surface area contributed by atoms with Crippen LogP contribution in [0.3, 0.4) is 0 Å². The largest absolute Gasteiger partial charge is 0.455 e. The highest BCUT2D eigenvalue weighted by atomic mass is 16.6. The van der Waals surface area contributed by atoms with E-state index in [4.69, 9.17) is 28.4 Å². The number of ether oxygens (including phenoxy) is 6. The maximum atomic E-state index is 13.7. The van der Waals surface area contributed by atoms with E-state index in [-0.39, 0.29) is 25.0 Å². The molecule has 0 radical (unpaired) electrons. The van der Waals surface area contributed by atoms with Gasteiger partial charge in [-0.1, -0.05) is 18.2 Å². The first-order chi connectivity index (χ1) is 21.4. The minimum Gasteiger partial charge on any atom is -0.455 e. The molecule has 5 saturated carbocycles. The number of methoxy groups -OCH3 is 4. The summed E-state index contributed by atoms with van der Waals surface area (Å²) in [6, 6.07) is 8.15. The van der Waals surface area contributed by atoms with Gasteiger partial charge in [-0.25, -0.2) is 4.79 Å². The molecule has 7 bridgehead atoms. The van der Waals surface area contributed by atoms with Crippen LogP contribution in [-0.4, -0.2) is 135 Å². The lowest BCUT2D eigenvalue weighted by molar-refractivity contribution is -0.321. The predicted octanol–water partition coefficient (Wildman–Crippen LogP) is 0.258. The number of hydrogen-bond donors (Lipinski definition) is 3. The van der Waals surface area contributed by atoms with Crippen molar-refractivity contribution in [3.8, 4) is 0 Å². The van der Waals surface area contributed by atoms with Crippen molar-refractivity contribution in [1.82, 2.24) is 4.90 Å². The topological polar surface area (TPSA) is 153 Å². The number of rotatable bonds is 8. The van der Waals surface area contributed by atoms with Crippen LogP contribution in [0.5, 0.6) is 0 Å². The average molecular weight is 632 g/mol. The van der Waals surface area contributed by atoms with Crippen molar-refractivity contribution in [3.05, 3.63) is 35.9 Å². The fraction of sp³-hybridized carbons (Fsp3) is 0.758. The van der Waals surface area contributed by atoms with E-state index >= 15 is 0 Å². The van der Waals surface area contributed by atoms with Crippen LogP contribution in [0.15, 0.2) is 30.3 Å². The zero-order valence-electron chi connectivity index (χ0n) is 26.6. The Morgan fingerprint density at radius 3 is 2.31 bits per heavy atom. The molecule has 45 heavy (non-hydrogen) atoms. The highest BCUT2D eigenvalue weighted by Crippen LogP contribution is 2.80. The highest BCUT2D eigenvalue weighted by molar-refractivity contribution is 5.89. The van der Waals surface area contributed by atoms with Gasteiger partial charge in [0.05, 0.1) is 30.5 Å². The number of carbonyl (C=O) groups excluding carboxylic acids is 2. The van der Waals surface area contributed by atoms with Gasteiger partial charge >= 0.3 is 11.9 Å². The first-order valence-corrected chi connectivity index (χ1v) is 15.8. The molecule has 1 aliphatic heterocycles. The van der Waals surface area contributed by atoms with E-state index in [0.717, 1.165) is 0 Å². The summed E-state index contributed by atoms with van der Waals surface area (Å²) in [4.78, 5) is 29.1. The van der Waals surface area contributed by atoms with Crippen molar-refractivity contribution in [1.29, 1.82) is 0 Å². The minimum absolute atomic E-state index is 0.0754. The first kappa shape index (κ1) is 31.4. The number of carbonyl (C=O) groups is 2. The van der Waals surface area contributed by atoms with Gasteiger partial charge in [0.2, 0.25) is 0 Å². The molecule has 3 N–H and O–H groups in total. The molecule has 6 aliphatic rings.